The molecule has 0 aliphatic carbocycles. The number of aromatic nitrogens is 1. The minimum atomic E-state index is -0.293. The third-order valence-corrected chi connectivity index (χ3v) is 4.24. The summed E-state index contributed by atoms with van der Waals surface area (Å²) in [7, 11) is 0. The maximum atomic E-state index is 12.3. The van der Waals surface area contributed by atoms with E-state index < -0.39 is 0 Å². The fourth-order valence-corrected chi connectivity index (χ4v) is 2.70. The van der Waals surface area contributed by atoms with Crippen molar-refractivity contribution in [1.29, 1.82) is 0 Å². The van der Waals surface area contributed by atoms with Gasteiger partial charge in [-0.25, -0.2) is 4.98 Å². The van der Waals surface area contributed by atoms with Gasteiger partial charge in [0.15, 0.2) is 0 Å². The molecule has 1 aromatic heterocycles. The van der Waals surface area contributed by atoms with E-state index in [-0.39, 0.29) is 36.6 Å². The maximum Gasteiger partial charge on any atom is 0.243 e. The number of pyridine rings is 1. The highest BCUT2D eigenvalue weighted by atomic mass is 35.5. The molecular weight excluding hydrogens is 344 g/mol. The number of piperidine rings is 1. The van der Waals surface area contributed by atoms with E-state index in [1.54, 1.807) is 17.0 Å². The van der Waals surface area contributed by atoms with Gasteiger partial charge in [0.25, 0.3) is 0 Å². The monoisotopic (exact) mass is 364 g/mol. The highest BCUT2D eigenvalue weighted by Crippen LogP contribution is 2.20. The van der Waals surface area contributed by atoms with Crippen LogP contribution in [0.4, 0.5) is 5.82 Å². The average Bonchev–Trinajstić information content (AvgIpc) is 2.63. The summed E-state index contributed by atoms with van der Waals surface area (Å²) in [5.41, 5.74) is 0. The predicted molar refractivity (Wildman–Crippen MR) is 95.0 cm³/mol. The van der Waals surface area contributed by atoms with E-state index in [4.69, 9.17) is 11.6 Å². The van der Waals surface area contributed by atoms with Crippen LogP contribution in [-0.2, 0) is 14.4 Å². The number of rotatable bonds is 6. The van der Waals surface area contributed by atoms with E-state index >= 15 is 0 Å². The number of hydrogen-bond donors (Lipinski definition) is 2. The molecule has 2 N–H and O–H groups in total. The lowest BCUT2D eigenvalue weighted by Gasteiger charge is -2.31. The first kappa shape index (κ1) is 18.9. The van der Waals surface area contributed by atoms with Gasteiger partial charge in [-0.2, -0.15) is 0 Å². The SMILES string of the molecule is C=CC(=O)NCCC(=O)N1CCC(C(=O)Nc2ccc(Cl)cn2)CC1. The van der Waals surface area contributed by atoms with E-state index in [1.807, 2.05) is 0 Å². The van der Waals surface area contributed by atoms with Gasteiger partial charge in [0.1, 0.15) is 5.82 Å². The predicted octanol–water partition coefficient (Wildman–Crippen LogP) is 1.60. The Hall–Kier alpha value is -2.41. The van der Waals surface area contributed by atoms with Crippen LogP contribution >= 0.6 is 11.6 Å². The topological polar surface area (TPSA) is 91.4 Å². The van der Waals surface area contributed by atoms with Crippen molar-refractivity contribution in [3.63, 3.8) is 0 Å². The summed E-state index contributed by atoms with van der Waals surface area (Å²) in [5, 5.41) is 5.85. The van der Waals surface area contributed by atoms with Crippen molar-refractivity contribution in [2.75, 3.05) is 25.0 Å². The molecule has 1 aliphatic rings. The van der Waals surface area contributed by atoms with Crippen molar-refractivity contribution in [1.82, 2.24) is 15.2 Å². The van der Waals surface area contributed by atoms with Crippen molar-refractivity contribution in [2.24, 2.45) is 5.92 Å². The van der Waals surface area contributed by atoms with E-state index in [9.17, 15) is 14.4 Å². The van der Waals surface area contributed by atoms with Crippen LogP contribution in [0.2, 0.25) is 5.02 Å². The highest BCUT2D eigenvalue weighted by molar-refractivity contribution is 6.30. The standard InChI is InChI=1S/C17H21ClN4O3/c1-2-15(23)19-8-5-16(24)22-9-6-12(7-10-22)17(25)21-14-4-3-13(18)11-20-14/h2-4,11-12H,1,5-10H2,(H,19,23)(H,20,21,25). The molecule has 1 aliphatic heterocycles. The summed E-state index contributed by atoms with van der Waals surface area (Å²) in [6.07, 6.45) is 4.09. The molecule has 0 saturated carbocycles. The van der Waals surface area contributed by atoms with Crippen molar-refractivity contribution in [3.8, 4) is 0 Å². The summed E-state index contributed by atoms with van der Waals surface area (Å²) in [4.78, 5) is 41.2. The van der Waals surface area contributed by atoms with Gasteiger partial charge in [-0.3, -0.25) is 14.4 Å². The van der Waals surface area contributed by atoms with Gasteiger partial charge in [-0.15, -0.1) is 0 Å². The lowest BCUT2D eigenvalue weighted by molar-refractivity contribution is -0.134. The number of nitrogens with one attached hydrogen (secondary N) is 2. The van der Waals surface area contributed by atoms with Gasteiger partial charge in [0.05, 0.1) is 5.02 Å². The molecule has 25 heavy (non-hydrogen) atoms. The summed E-state index contributed by atoms with van der Waals surface area (Å²) in [5.74, 6) is -0.102. The Kier molecular flexibility index (Phi) is 6.94. The second kappa shape index (κ2) is 9.17. The Morgan fingerprint density at radius 1 is 1.32 bits per heavy atom. The zero-order chi connectivity index (χ0) is 18.2. The number of carbonyl (C=O) groups is 3. The summed E-state index contributed by atoms with van der Waals surface area (Å²) in [6, 6.07) is 3.31. The lowest BCUT2D eigenvalue weighted by Crippen LogP contribution is -2.42. The zero-order valence-electron chi connectivity index (χ0n) is 13.8. The van der Waals surface area contributed by atoms with Gasteiger partial charge in [0, 0.05) is 38.2 Å². The second-order valence-corrected chi connectivity index (χ2v) is 6.19. The highest BCUT2D eigenvalue weighted by Gasteiger charge is 2.27. The molecule has 2 rings (SSSR count). The number of carbonyl (C=O) groups excluding carboxylic acids is 3. The van der Waals surface area contributed by atoms with Crippen molar-refractivity contribution in [3.05, 3.63) is 36.0 Å². The summed E-state index contributed by atoms with van der Waals surface area (Å²) in [6.45, 7) is 4.69. The molecule has 7 nitrogen and oxygen atoms in total. The number of nitrogens with zero attached hydrogens (tertiary/aromatic N) is 2. The largest absolute Gasteiger partial charge is 0.352 e. The number of amides is 3. The van der Waals surface area contributed by atoms with Crippen LogP contribution in [0, 0.1) is 5.92 Å². The molecule has 0 radical (unpaired) electrons. The molecule has 134 valence electrons. The van der Waals surface area contributed by atoms with E-state index in [1.165, 1.54) is 12.3 Å². The number of hydrogen-bond acceptors (Lipinski definition) is 4. The molecule has 8 heteroatoms. The van der Waals surface area contributed by atoms with Crippen LogP contribution in [0.15, 0.2) is 31.0 Å². The van der Waals surface area contributed by atoms with Crippen molar-refractivity contribution >= 4 is 35.1 Å². The third kappa shape index (κ3) is 5.86. The molecule has 0 spiro atoms. The van der Waals surface area contributed by atoms with E-state index in [0.717, 1.165) is 0 Å². The van der Waals surface area contributed by atoms with Crippen LogP contribution in [0.1, 0.15) is 19.3 Å². The van der Waals surface area contributed by atoms with Crippen LogP contribution in [-0.4, -0.2) is 47.2 Å². The molecule has 3 amide bonds. The second-order valence-electron chi connectivity index (χ2n) is 5.75. The normalized spacial score (nSPS) is 14.7. The number of anilines is 1. The van der Waals surface area contributed by atoms with Crippen LogP contribution in [0.3, 0.4) is 0 Å². The lowest BCUT2D eigenvalue weighted by atomic mass is 9.95. The molecule has 1 saturated heterocycles. The molecule has 0 aromatic carbocycles. The molecule has 0 bridgehead atoms. The minimum absolute atomic E-state index is 0.0254. The van der Waals surface area contributed by atoms with E-state index in [0.29, 0.717) is 36.8 Å². The average molecular weight is 365 g/mol. The first-order chi connectivity index (χ1) is 12.0. The fourth-order valence-electron chi connectivity index (χ4n) is 2.59. The Balaban J connectivity index is 1.73. The van der Waals surface area contributed by atoms with Crippen LogP contribution in [0.5, 0.6) is 0 Å². The Morgan fingerprint density at radius 2 is 2.04 bits per heavy atom. The van der Waals surface area contributed by atoms with Crippen molar-refractivity contribution in [2.45, 2.75) is 19.3 Å². The van der Waals surface area contributed by atoms with Crippen LogP contribution in [0.25, 0.3) is 0 Å². The van der Waals surface area contributed by atoms with E-state index in [2.05, 4.69) is 22.2 Å². The Bertz CT molecular complexity index is 640. The van der Waals surface area contributed by atoms with Gasteiger partial charge in [-0.05, 0) is 31.1 Å². The smallest absolute Gasteiger partial charge is 0.243 e. The van der Waals surface area contributed by atoms with Gasteiger partial charge in [-0.1, -0.05) is 18.2 Å². The van der Waals surface area contributed by atoms with Crippen molar-refractivity contribution < 1.29 is 14.4 Å². The quantitative estimate of drug-likeness (QED) is 0.750. The molecule has 1 fully saturated rings. The van der Waals surface area contributed by atoms with Crippen LogP contribution < -0.4 is 10.6 Å². The third-order valence-electron chi connectivity index (χ3n) is 4.02. The zero-order valence-corrected chi connectivity index (χ0v) is 14.6. The first-order valence-corrected chi connectivity index (χ1v) is 8.48. The van der Waals surface area contributed by atoms with Gasteiger partial charge >= 0.3 is 0 Å². The summed E-state index contributed by atoms with van der Waals surface area (Å²) < 4.78 is 0. The Labute approximate surface area is 151 Å². The summed E-state index contributed by atoms with van der Waals surface area (Å²) >= 11 is 5.76. The fraction of sp³-hybridized carbons (Fsp3) is 0.412. The van der Waals surface area contributed by atoms with Gasteiger partial charge in [0.2, 0.25) is 17.7 Å². The minimum Gasteiger partial charge on any atom is -0.352 e. The maximum absolute atomic E-state index is 12.3. The molecule has 0 unspecified atom stereocenters. The molecule has 1 aromatic rings. The van der Waals surface area contributed by atoms with Gasteiger partial charge < -0.3 is 15.5 Å². The number of likely N-dealkylation sites (tertiary alicyclic amines) is 1. The molecule has 2 heterocycles. The molecule has 0 atom stereocenters. The Morgan fingerprint density at radius 3 is 2.64 bits per heavy atom. The molecular formula is C17H21ClN4O3. The first-order valence-electron chi connectivity index (χ1n) is 8.10. The number of halogens is 1.